The van der Waals surface area contributed by atoms with Crippen LogP contribution in [0.2, 0.25) is 0 Å². The van der Waals surface area contributed by atoms with Crippen LogP contribution in [0.4, 0.5) is 5.69 Å². The summed E-state index contributed by atoms with van der Waals surface area (Å²) in [4.78, 5) is 35.6. The van der Waals surface area contributed by atoms with Crippen molar-refractivity contribution in [1.29, 1.82) is 0 Å². The molecule has 7 heteroatoms. The normalized spacial score (nSPS) is 11.1. The van der Waals surface area contributed by atoms with Crippen molar-refractivity contribution in [2.45, 2.75) is 6.92 Å². The van der Waals surface area contributed by atoms with Crippen LogP contribution in [-0.4, -0.2) is 20.8 Å². The lowest BCUT2D eigenvalue weighted by Crippen LogP contribution is -2.09. The molecule has 1 aromatic heterocycles. The van der Waals surface area contributed by atoms with Crippen LogP contribution in [0.1, 0.15) is 12.5 Å². The number of pyridine rings is 1. The van der Waals surface area contributed by atoms with Crippen LogP contribution in [0, 0.1) is 10.1 Å². The van der Waals surface area contributed by atoms with Crippen LogP contribution in [-0.2, 0) is 4.79 Å². The Bertz CT molecular complexity index is 795. The summed E-state index contributed by atoms with van der Waals surface area (Å²) in [6.45, 7) is 1.49. The Labute approximate surface area is 124 Å². The van der Waals surface area contributed by atoms with Crippen molar-refractivity contribution in [3.05, 3.63) is 56.4 Å². The third kappa shape index (κ3) is 3.57. The number of benzene rings is 1. The maximum absolute atomic E-state index is 12.0. The Morgan fingerprint density at radius 3 is 2.90 bits per heavy atom. The zero-order valence-corrected chi connectivity index (χ0v) is 12.0. The number of nitrogens with one attached hydrogen (secondary N) is 1. The maximum atomic E-state index is 12.0. The van der Waals surface area contributed by atoms with Crippen molar-refractivity contribution in [3.63, 3.8) is 0 Å². The average Bonchev–Trinajstić information content (AvgIpc) is 2.44. The molecule has 2 aromatic rings. The van der Waals surface area contributed by atoms with Gasteiger partial charge in [-0.15, -0.1) is 0 Å². The van der Waals surface area contributed by atoms with Gasteiger partial charge in [0, 0.05) is 18.2 Å². The molecule has 21 heavy (non-hydrogen) atoms. The summed E-state index contributed by atoms with van der Waals surface area (Å²) in [7, 11) is 0. The number of aromatic nitrogens is 1. The third-order valence-corrected chi connectivity index (χ3v) is 3.54. The molecule has 0 spiro atoms. The van der Waals surface area contributed by atoms with Gasteiger partial charge in [-0.1, -0.05) is 30.0 Å². The molecular weight excluding hydrogens is 292 g/mol. The second-order valence-electron chi connectivity index (χ2n) is 4.27. The standard InChI is InChI=1S/C14H12N2O4S/c1-9(17)21-6-2-3-10-4-5-12-11(7-10)14(18)13(8-15-12)16(19)20/h2-5,7-8H,6H2,1H3,(H,15,18). The molecule has 0 bridgehead atoms. The molecule has 1 N–H and O–H groups in total. The Morgan fingerprint density at radius 1 is 1.48 bits per heavy atom. The number of aromatic amines is 1. The van der Waals surface area contributed by atoms with Crippen molar-refractivity contribution in [2.75, 3.05) is 5.75 Å². The van der Waals surface area contributed by atoms with Gasteiger partial charge in [0.2, 0.25) is 0 Å². The Kier molecular flexibility index (Phi) is 4.54. The van der Waals surface area contributed by atoms with E-state index in [9.17, 15) is 19.7 Å². The molecule has 0 aliphatic heterocycles. The minimum absolute atomic E-state index is 0.0326. The first-order valence-corrected chi connectivity index (χ1v) is 7.07. The van der Waals surface area contributed by atoms with Gasteiger partial charge in [-0.3, -0.25) is 19.7 Å². The van der Waals surface area contributed by atoms with Gasteiger partial charge in [0.05, 0.1) is 16.5 Å². The second-order valence-corrected chi connectivity index (χ2v) is 5.47. The smallest absolute Gasteiger partial charge is 0.332 e. The predicted molar refractivity (Wildman–Crippen MR) is 83.4 cm³/mol. The molecule has 0 radical (unpaired) electrons. The van der Waals surface area contributed by atoms with Crippen LogP contribution < -0.4 is 5.43 Å². The topological polar surface area (TPSA) is 93.1 Å². The zero-order valence-electron chi connectivity index (χ0n) is 11.2. The van der Waals surface area contributed by atoms with Crippen molar-refractivity contribution < 1.29 is 9.72 Å². The average molecular weight is 304 g/mol. The highest BCUT2D eigenvalue weighted by molar-refractivity contribution is 8.13. The van der Waals surface area contributed by atoms with E-state index in [0.717, 1.165) is 11.8 Å². The fraction of sp³-hybridized carbons (Fsp3) is 0.143. The fourth-order valence-electron chi connectivity index (χ4n) is 1.81. The van der Waals surface area contributed by atoms with E-state index in [4.69, 9.17) is 0 Å². The van der Waals surface area contributed by atoms with Gasteiger partial charge in [0.15, 0.2) is 5.12 Å². The van der Waals surface area contributed by atoms with Crippen LogP contribution >= 0.6 is 11.8 Å². The molecule has 0 aliphatic carbocycles. The van der Waals surface area contributed by atoms with Gasteiger partial charge < -0.3 is 4.98 Å². The molecule has 0 atom stereocenters. The highest BCUT2D eigenvalue weighted by Crippen LogP contribution is 2.15. The lowest BCUT2D eigenvalue weighted by Gasteiger charge is -2.00. The number of rotatable bonds is 4. The first kappa shape index (κ1) is 15.0. The summed E-state index contributed by atoms with van der Waals surface area (Å²) in [6, 6.07) is 5.08. The molecule has 6 nitrogen and oxygen atoms in total. The highest BCUT2D eigenvalue weighted by atomic mass is 32.2. The van der Waals surface area contributed by atoms with E-state index in [1.54, 1.807) is 30.4 Å². The minimum atomic E-state index is -0.704. The van der Waals surface area contributed by atoms with E-state index in [-0.39, 0.29) is 10.5 Å². The van der Waals surface area contributed by atoms with Crippen molar-refractivity contribution in [2.24, 2.45) is 0 Å². The summed E-state index contributed by atoms with van der Waals surface area (Å²) in [5.74, 6) is 0.540. The Morgan fingerprint density at radius 2 is 2.24 bits per heavy atom. The number of hydrogen-bond acceptors (Lipinski definition) is 5. The van der Waals surface area contributed by atoms with Gasteiger partial charge >= 0.3 is 5.69 Å². The number of H-pyrrole nitrogens is 1. The summed E-state index contributed by atoms with van der Waals surface area (Å²) in [6.07, 6.45) is 4.68. The minimum Gasteiger partial charge on any atom is -0.355 e. The number of carbonyl (C=O) groups is 1. The molecule has 2 rings (SSSR count). The first-order valence-electron chi connectivity index (χ1n) is 6.09. The van der Waals surface area contributed by atoms with Crippen LogP contribution in [0.15, 0.2) is 35.3 Å². The van der Waals surface area contributed by atoms with Gasteiger partial charge in [-0.2, -0.15) is 0 Å². The number of nitrogens with zero attached hydrogens (tertiary/aromatic N) is 1. The molecule has 0 unspecified atom stereocenters. The lowest BCUT2D eigenvalue weighted by atomic mass is 10.1. The van der Waals surface area contributed by atoms with E-state index < -0.39 is 16.0 Å². The quantitative estimate of drug-likeness (QED) is 0.692. The largest absolute Gasteiger partial charge is 0.355 e. The van der Waals surface area contributed by atoms with E-state index in [0.29, 0.717) is 11.3 Å². The monoisotopic (exact) mass is 304 g/mol. The summed E-state index contributed by atoms with van der Waals surface area (Å²) < 4.78 is 0. The van der Waals surface area contributed by atoms with E-state index in [2.05, 4.69) is 4.98 Å². The molecular formula is C14H12N2O4S. The number of thioether (sulfide) groups is 1. The third-order valence-electron chi connectivity index (χ3n) is 2.78. The molecule has 0 saturated heterocycles. The molecule has 0 fully saturated rings. The number of hydrogen-bond donors (Lipinski definition) is 1. The van der Waals surface area contributed by atoms with Crippen molar-refractivity contribution >= 4 is 39.5 Å². The first-order chi connectivity index (χ1) is 9.99. The van der Waals surface area contributed by atoms with Gasteiger partial charge in [-0.25, -0.2) is 0 Å². The van der Waals surface area contributed by atoms with Crippen LogP contribution in [0.25, 0.3) is 17.0 Å². The molecule has 108 valence electrons. The zero-order chi connectivity index (χ0) is 15.4. The summed E-state index contributed by atoms with van der Waals surface area (Å²) in [5, 5.41) is 11.1. The van der Waals surface area contributed by atoms with E-state index in [1.165, 1.54) is 18.7 Å². The van der Waals surface area contributed by atoms with Crippen LogP contribution in [0.3, 0.4) is 0 Å². The molecule has 1 heterocycles. The van der Waals surface area contributed by atoms with E-state index >= 15 is 0 Å². The summed E-state index contributed by atoms with van der Waals surface area (Å²) in [5.41, 5.74) is 0.205. The molecule has 0 aliphatic rings. The predicted octanol–water partition coefficient (Wildman–Crippen LogP) is 2.73. The van der Waals surface area contributed by atoms with E-state index in [1.807, 2.05) is 0 Å². The van der Waals surface area contributed by atoms with Crippen molar-refractivity contribution in [3.8, 4) is 0 Å². The highest BCUT2D eigenvalue weighted by Gasteiger charge is 2.14. The maximum Gasteiger partial charge on any atom is 0.332 e. The SMILES string of the molecule is CC(=O)SCC=Cc1ccc2[nH]cc([N+](=O)[O-])c(=O)c2c1. The summed E-state index contributed by atoms with van der Waals surface area (Å²) >= 11 is 1.18. The Hall–Kier alpha value is -2.41. The molecule has 0 saturated carbocycles. The van der Waals surface area contributed by atoms with Crippen molar-refractivity contribution in [1.82, 2.24) is 4.98 Å². The fourth-order valence-corrected chi connectivity index (χ4v) is 2.24. The lowest BCUT2D eigenvalue weighted by molar-refractivity contribution is -0.386. The van der Waals surface area contributed by atoms with Gasteiger partial charge in [-0.05, 0) is 17.7 Å². The second kappa shape index (κ2) is 6.36. The van der Waals surface area contributed by atoms with Crippen LogP contribution in [0.5, 0.6) is 0 Å². The van der Waals surface area contributed by atoms with Gasteiger partial charge in [0.25, 0.3) is 5.43 Å². The number of fused-ring (bicyclic) bond motifs is 1. The molecule has 1 aromatic carbocycles. The number of carbonyl (C=O) groups excluding carboxylic acids is 1. The molecule has 0 amide bonds. The Balaban J connectivity index is 2.36. The number of nitro groups is 1. The van der Waals surface area contributed by atoms with Gasteiger partial charge in [0.1, 0.15) is 0 Å².